The number of nitrogens with one attached hydrogen (secondary N) is 1. The number of hydrazone groups is 1. The predicted octanol–water partition coefficient (Wildman–Crippen LogP) is 4.84. The minimum Gasteiger partial charge on any atom is -0.454 e. The van der Waals surface area contributed by atoms with Gasteiger partial charge in [0.15, 0.2) is 11.5 Å². The molecule has 0 fully saturated rings. The van der Waals surface area contributed by atoms with Gasteiger partial charge in [0, 0.05) is 39.8 Å². The fraction of sp³-hybridized carbons (Fsp3) is 0.0833. The Hall–Kier alpha value is -3.77. The van der Waals surface area contributed by atoms with Crippen molar-refractivity contribution in [3.8, 4) is 11.5 Å². The maximum atomic E-state index is 12.4. The third kappa shape index (κ3) is 3.85. The second-order valence-corrected chi connectivity index (χ2v) is 7.50. The first-order valence-corrected chi connectivity index (χ1v) is 10.1. The highest BCUT2D eigenvalue weighted by Crippen LogP contribution is 2.32. The number of aromatic nitrogens is 1. The number of ether oxygens (including phenoxy) is 2. The fourth-order valence-corrected chi connectivity index (χ4v) is 3.78. The minimum absolute atomic E-state index is 0.164. The lowest BCUT2D eigenvalue weighted by Crippen LogP contribution is -2.17. The van der Waals surface area contributed by atoms with Gasteiger partial charge in [0.05, 0.1) is 6.21 Å². The van der Waals surface area contributed by atoms with Crippen LogP contribution in [0, 0.1) is 0 Å². The summed E-state index contributed by atoms with van der Waals surface area (Å²) >= 11 is 6.34. The molecule has 31 heavy (non-hydrogen) atoms. The molecule has 0 unspecified atom stereocenters. The molecule has 2 heterocycles. The van der Waals surface area contributed by atoms with Gasteiger partial charge >= 0.3 is 0 Å². The highest BCUT2D eigenvalue weighted by atomic mass is 35.5. The zero-order chi connectivity index (χ0) is 21.2. The maximum absolute atomic E-state index is 12.4. The molecule has 0 saturated carbocycles. The largest absolute Gasteiger partial charge is 0.454 e. The fourth-order valence-electron chi connectivity index (χ4n) is 3.58. The van der Waals surface area contributed by atoms with Gasteiger partial charge in [-0.05, 0) is 35.9 Å². The number of hydrogen-bond acceptors (Lipinski definition) is 4. The van der Waals surface area contributed by atoms with E-state index >= 15 is 0 Å². The van der Waals surface area contributed by atoms with E-state index in [9.17, 15) is 4.79 Å². The molecule has 1 N–H and O–H groups in total. The molecule has 4 aromatic rings. The van der Waals surface area contributed by atoms with Crippen molar-refractivity contribution in [3.63, 3.8) is 0 Å². The van der Waals surface area contributed by atoms with E-state index in [1.165, 1.54) is 0 Å². The quantitative estimate of drug-likeness (QED) is 0.363. The molecule has 154 valence electrons. The molecule has 6 nitrogen and oxygen atoms in total. The van der Waals surface area contributed by atoms with Crippen molar-refractivity contribution in [2.24, 2.45) is 5.10 Å². The molecule has 5 rings (SSSR count). The van der Waals surface area contributed by atoms with Gasteiger partial charge in [0.25, 0.3) is 5.91 Å². The summed E-state index contributed by atoms with van der Waals surface area (Å²) in [6, 6.07) is 20.9. The lowest BCUT2D eigenvalue weighted by molar-refractivity contribution is 0.0954. The van der Waals surface area contributed by atoms with Crippen molar-refractivity contribution < 1.29 is 14.3 Å². The Balaban J connectivity index is 1.37. The van der Waals surface area contributed by atoms with Crippen molar-refractivity contribution in [2.45, 2.75) is 6.54 Å². The molecule has 0 radical (unpaired) electrons. The molecule has 1 aliphatic heterocycles. The maximum Gasteiger partial charge on any atom is 0.271 e. The summed E-state index contributed by atoms with van der Waals surface area (Å²) in [5.41, 5.74) is 6.01. The summed E-state index contributed by atoms with van der Waals surface area (Å²) in [4.78, 5) is 12.4. The summed E-state index contributed by atoms with van der Waals surface area (Å²) in [6.45, 7) is 0.800. The van der Waals surface area contributed by atoms with Crippen molar-refractivity contribution in [3.05, 3.63) is 94.6 Å². The van der Waals surface area contributed by atoms with E-state index in [4.69, 9.17) is 21.1 Å². The Morgan fingerprint density at radius 1 is 1.06 bits per heavy atom. The van der Waals surface area contributed by atoms with Gasteiger partial charge in [-0.1, -0.05) is 48.0 Å². The van der Waals surface area contributed by atoms with Crippen LogP contribution in [0.15, 0.2) is 78.0 Å². The SMILES string of the molecule is O=C(NN=Cc1cn(Cc2ccccc2Cl)c2ccccc12)c1ccc2c(c1)OCO2. The van der Waals surface area contributed by atoms with Crippen LogP contribution in [0.2, 0.25) is 5.02 Å². The van der Waals surface area contributed by atoms with Gasteiger partial charge < -0.3 is 14.0 Å². The molecule has 0 bridgehead atoms. The Labute approximate surface area is 183 Å². The second-order valence-electron chi connectivity index (χ2n) is 7.09. The lowest BCUT2D eigenvalue weighted by Gasteiger charge is -2.07. The van der Waals surface area contributed by atoms with Gasteiger partial charge in [-0.25, -0.2) is 5.43 Å². The van der Waals surface area contributed by atoms with Gasteiger partial charge in [-0.3, -0.25) is 4.79 Å². The van der Waals surface area contributed by atoms with E-state index in [0.717, 1.165) is 27.1 Å². The number of benzene rings is 3. The highest BCUT2D eigenvalue weighted by Gasteiger charge is 2.16. The summed E-state index contributed by atoms with van der Waals surface area (Å²) < 4.78 is 12.7. The zero-order valence-corrected chi connectivity index (χ0v) is 17.2. The molecule has 0 spiro atoms. The van der Waals surface area contributed by atoms with Crippen LogP contribution in [-0.4, -0.2) is 23.5 Å². The first kappa shape index (κ1) is 19.2. The molecule has 0 saturated heterocycles. The summed E-state index contributed by atoms with van der Waals surface area (Å²) in [6.07, 6.45) is 3.65. The molecule has 3 aromatic carbocycles. The first-order chi connectivity index (χ1) is 15.2. The summed E-state index contributed by atoms with van der Waals surface area (Å²) in [7, 11) is 0. The third-order valence-corrected chi connectivity index (χ3v) is 5.49. The van der Waals surface area contributed by atoms with Crippen molar-refractivity contribution in [2.75, 3.05) is 6.79 Å². The molecular formula is C24H18ClN3O3. The van der Waals surface area contributed by atoms with E-state index in [1.54, 1.807) is 24.4 Å². The molecule has 1 amide bonds. The van der Waals surface area contributed by atoms with Gasteiger partial charge in [-0.15, -0.1) is 0 Å². The van der Waals surface area contributed by atoms with Crippen LogP contribution in [0.5, 0.6) is 11.5 Å². The Morgan fingerprint density at radius 3 is 2.77 bits per heavy atom. The van der Waals surface area contributed by atoms with E-state index in [-0.39, 0.29) is 12.7 Å². The average molecular weight is 432 g/mol. The standard InChI is InChI=1S/C24H18ClN3O3/c25-20-7-3-1-5-17(20)13-28-14-18(19-6-2-4-8-21(19)28)12-26-27-24(29)16-9-10-22-23(11-16)31-15-30-22/h1-12,14H,13,15H2,(H,27,29). The van der Waals surface area contributed by atoms with Crippen LogP contribution >= 0.6 is 11.6 Å². The van der Waals surface area contributed by atoms with E-state index in [2.05, 4.69) is 21.2 Å². The molecule has 1 aliphatic rings. The van der Waals surface area contributed by atoms with Crippen LogP contribution in [-0.2, 0) is 6.54 Å². The number of hydrogen-bond donors (Lipinski definition) is 1. The van der Waals surface area contributed by atoms with E-state index < -0.39 is 0 Å². The second kappa shape index (κ2) is 8.16. The number of nitrogens with zero attached hydrogens (tertiary/aromatic N) is 2. The van der Waals surface area contributed by atoms with Gasteiger partial charge in [-0.2, -0.15) is 5.10 Å². The van der Waals surface area contributed by atoms with Crippen molar-refractivity contribution in [1.82, 2.24) is 9.99 Å². The number of para-hydroxylation sites is 1. The number of carbonyl (C=O) groups is 1. The average Bonchev–Trinajstić information content (AvgIpc) is 3.40. The molecule has 1 aromatic heterocycles. The molecule has 0 atom stereocenters. The Morgan fingerprint density at radius 2 is 1.87 bits per heavy atom. The normalized spacial score (nSPS) is 12.5. The van der Waals surface area contributed by atoms with Crippen molar-refractivity contribution in [1.29, 1.82) is 0 Å². The number of fused-ring (bicyclic) bond motifs is 2. The zero-order valence-electron chi connectivity index (χ0n) is 16.4. The first-order valence-electron chi connectivity index (χ1n) is 9.73. The van der Waals surface area contributed by atoms with Crippen LogP contribution in [0.25, 0.3) is 10.9 Å². The van der Waals surface area contributed by atoms with E-state index in [0.29, 0.717) is 23.6 Å². The number of carbonyl (C=O) groups excluding carboxylic acids is 1. The van der Waals surface area contributed by atoms with Gasteiger partial charge in [0.1, 0.15) is 0 Å². The monoisotopic (exact) mass is 431 g/mol. The third-order valence-electron chi connectivity index (χ3n) is 5.12. The summed E-state index contributed by atoms with van der Waals surface area (Å²) in [5.74, 6) is 0.861. The Bertz CT molecular complexity index is 1310. The Kier molecular flexibility index (Phi) is 5.06. The highest BCUT2D eigenvalue weighted by molar-refractivity contribution is 6.31. The minimum atomic E-state index is -0.325. The van der Waals surface area contributed by atoms with Crippen LogP contribution < -0.4 is 14.9 Å². The summed E-state index contributed by atoms with van der Waals surface area (Å²) in [5, 5.41) is 5.93. The lowest BCUT2D eigenvalue weighted by atomic mass is 10.2. The molecule has 0 aliphatic carbocycles. The number of amides is 1. The topological polar surface area (TPSA) is 64.9 Å². The van der Waals surface area contributed by atoms with Crippen LogP contribution in [0.1, 0.15) is 21.5 Å². The smallest absolute Gasteiger partial charge is 0.271 e. The number of rotatable bonds is 5. The van der Waals surface area contributed by atoms with Gasteiger partial charge in [0.2, 0.25) is 6.79 Å². The predicted molar refractivity (Wildman–Crippen MR) is 120 cm³/mol. The number of halogens is 1. The van der Waals surface area contributed by atoms with Crippen LogP contribution in [0.3, 0.4) is 0 Å². The molecule has 7 heteroatoms. The van der Waals surface area contributed by atoms with Crippen LogP contribution in [0.4, 0.5) is 0 Å². The van der Waals surface area contributed by atoms with E-state index in [1.807, 2.05) is 48.7 Å². The van der Waals surface area contributed by atoms with Crippen molar-refractivity contribution >= 4 is 34.6 Å². The molecular weight excluding hydrogens is 414 g/mol.